The normalized spacial score (nSPS) is 16.3. The lowest BCUT2D eigenvalue weighted by Gasteiger charge is -2.30. The highest BCUT2D eigenvalue weighted by molar-refractivity contribution is 7.98. The molecule has 146 valence electrons. The van der Waals surface area contributed by atoms with E-state index >= 15 is 0 Å². The molecule has 0 bridgehead atoms. The number of rotatable bonds is 8. The zero-order valence-electron chi connectivity index (χ0n) is 15.6. The van der Waals surface area contributed by atoms with Gasteiger partial charge >= 0.3 is 0 Å². The van der Waals surface area contributed by atoms with Crippen molar-refractivity contribution in [2.45, 2.75) is 50.3 Å². The number of benzene rings is 1. The molecule has 0 aliphatic heterocycles. The Balaban J connectivity index is 1.44. The first-order chi connectivity index (χ1) is 13.2. The molecule has 1 unspecified atom stereocenters. The van der Waals surface area contributed by atoms with Gasteiger partial charge in [0.2, 0.25) is 5.91 Å². The van der Waals surface area contributed by atoms with E-state index < -0.39 is 0 Å². The maximum absolute atomic E-state index is 12.2. The lowest BCUT2D eigenvalue weighted by molar-refractivity contribution is -0.121. The number of hydrogen-bond donors (Lipinski definition) is 3. The van der Waals surface area contributed by atoms with Gasteiger partial charge in [-0.15, -0.1) is 0 Å². The summed E-state index contributed by atoms with van der Waals surface area (Å²) in [5.74, 6) is 2.49. The third kappa shape index (κ3) is 5.56. The van der Waals surface area contributed by atoms with Gasteiger partial charge in [0.1, 0.15) is 5.82 Å². The van der Waals surface area contributed by atoms with Crippen LogP contribution < -0.4 is 16.6 Å². The summed E-state index contributed by atoms with van der Waals surface area (Å²) in [5.41, 5.74) is 6.46. The highest BCUT2D eigenvalue weighted by Gasteiger charge is 2.23. The minimum atomic E-state index is -0.118. The SMILES string of the molecule is NCC(NC(=O)CCSCc1nc2ccccc2c(=O)[nH]1)C1CCCCC1. The van der Waals surface area contributed by atoms with Crippen LogP contribution in [0.3, 0.4) is 0 Å². The number of aromatic amines is 1. The fourth-order valence-corrected chi connectivity index (χ4v) is 4.53. The Morgan fingerprint density at radius 3 is 2.85 bits per heavy atom. The molecule has 27 heavy (non-hydrogen) atoms. The second-order valence-electron chi connectivity index (χ2n) is 7.14. The average molecular weight is 389 g/mol. The van der Waals surface area contributed by atoms with Crippen molar-refractivity contribution in [3.8, 4) is 0 Å². The molecule has 0 saturated heterocycles. The summed E-state index contributed by atoms with van der Waals surface area (Å²) in [6.07, 6.45) is 6.55. The van der Waals surface area contributed by atoms with Crippen molar-refractivity contribution >= 4 is 28.6 Å². The van der Waals surface area contributed by atoms with E-state index in [1.165, 1.54) is 19.3 Å². The van der Waals surface area contributed by atoms with Crippen molar-refractivity contribution in [2.75, 3.05) is 12.3 Å². The number of carbonyl (C=O) groups is 1. The van der Waals surface area contributed by atoms with E-state index in [-0.39, 0.29) is 17.5 Å². The average Bonchev–Trinajstić information content (AvgIpc) is 2.70. The molecule has 6 nitrogen and oxygen atoms in total. The van der Waals surface area contributed by atoms with Gasteiger partial charge in [0.25, 0.3) is 5.56 Å². The molecule has 0 radical (unpaired) electrons. The van der Waals surface area contributed by atoms with Gasteiger partial charge in [0.05, 0.1) is 16.7 Å². The minimum Gasteiger partial charge on any atom is -0.352 e. The Labute approximate surface area is 163 Å². The predicted octanol–water partition coefficient (Wildman–Crippen LogP) is 2.57. The van der Waals surface area contributed by atoms with Crippen LogP contribution in [0, 0.1) is 5.92 Å². The Kier molecular flexibility index (Phi) is 7.29. The molecule has 3 rings (SSSR count). The summed E-state index contributed by atoms with van der Waals surface area (Å²) in [7, 11) is 0. The van der Waals surface area contributed by atoms with Crippen LogP contribution in [0.15, 0.2) is 29.1 Å². The first-order valence-corrected chi connectivity index (χ1v) is 10.9. The van der Waals surface area contributed by atoms with Crippen molar-refractivity contribution in [3.05, 3.63) is 40.4 Å². The molecule has 2 aromatic rings. The third-order valence-electron chi connectivity index (χ3n) is 5.19. The second-order valence-corrected chi connectivity index (χ2v) is 8.25. The van der Waals surface area contributed by atoms with E-state index in [0.717, 1.165) is 12.8 Å². The van der Waals surface area contributed by atoms with E-state index in [2.05, 4.69) is 15.3 Å². The zero-order chi connectivity index (χ0) is 19.1. The molecule has 7 heteroatoms. The van der Waals surface area contributed by atoms with Crippen LogP contribution in [0.4, 0.5) is 0 Å². The topological polar surface area (TPSA) is 101 Å². The highest BCUT2D eigenvalue weighted by atomic mass is 32.2. The van der Waals surface area contributed by atoms with Crippen molar-refractivity contribution in [3.63, 3.8) is 0 Å². The monoisotopic (exact) mass is 388 g/mol. The standard InChI is InChI=1S/C20H28N4O2S/c21-12-17(14-6-2-1-3-7-14)23-19(25)10-11-27-13-18-22-16-9-5-4-8-15(16)20(26)24-18/h4-5,8-9,14,17H,1-3,6-7,10-13,21H2,(H,23,25)(H,22,24,26). The Morgan fingerprint density at radius 1 is 1.30 bits per heavy atom. The quantitative estimate of drug-likeness (QED) is 0.604. The molecule has 1 saturated carbocycles. The smallest absolute Gasteiger partial charge is 0.258 e. The molecule has 1 atom stereocenters. The highest BCUT2D eigenvalue weighted by Crippen LogP contribution is 2.26. The number of hydrogen-bond acceptors (Lipinski definition) is 5. The van der Waals surface area contributed by atoms with Gasteiger partial charge < -0.3 is 16.0 Å². The van der Waals surface area contributed by atoms with Crippen LogP contribution in [0.25, 0.3) is 10.9 Å². The van der Waals surface area contributed by atoms with Crippen molar-refractivity contribution in [2.24, 2.45) is 11.7 Å². The molecule has 0 spiro atoms. The number of aromatic nitrogens is 2. The van der Waals surface area contributed by atoms with Gasteiger partial charge in [-0.05, 0) is 30.9 Å². The van der Waals surface area contributed by atoms with Gasteiger partial charge in [-0.1, -0.05) is 31.4 Å². The van der Waals surface area contributed by atoms with Crippen molar-refractivity contribution in [1.29, 1.82) is 0 Å². The number of nitrogens with zero attached hydrogens (tertiary/aromatic N) is 1. The maximum atomic E-state index is 12.2. The van der Waals surface area contributed by atoms with Gasteiger partial charge in [0.15, 0.2) is 0 Å². The van der Waals surface area contributed by atoms with E-state index in [1.807, 2.05) is 18.2 Å². The Hall–Kier alpha value is -1.86. The van der Waals surface area contributed by atoms with Crippen molar-refractivity contribution < 1.29 is 4.79 Å². The lowest BCUT2D eigenvalue weighted by Crippen LogP contribution is -2.46. The maximum Gasteiger partial charge on any atom is 0.258 e. The molecule has 4 N–H and O–H groups in total. The number of carbonyl (C=O) groups excluding carboxylic acids is 1. The third-order valence-corrected chi connectivity index (χ3v) is 6.16. The summed E-state index contributed by atoms with van der Waals surface area (Å²) in [4.78, 5) is 31.6. The molecule has 1 amide bonds. The number of H-pyrrole nitrogens is 1. The lowest BCUT2D eigenvalue weighted by atomic mass is 9.84. The first kappa shape index (κ1) is 19.9. The number of thioether (sulfide) groups is 1. The van der Waals surface area contributed by atoms with Gasteiger partial charge in [-0.3, -0.25) is 9.59 Å². The summed E-state index contributed by atoms with van der Waals surface area (Å²) in [6, 6.07) is 7.40. The summed E-state index contributed by atoms with van der Waals surface area (Å²) in [5, 5.41) is 3.72. The summed E-state index contributed by atoms with van der Waals surface area (Å²) >= 11 is 1.60. The molecular weight excluding hydrogens is 360 g/mol. The van der Waals surface area contributed by atoms with Crippen LogP contribution in [0.5, 0.6) is 0 Å². The van der Waals surface area contributed by atoms with Gasteiger partial charge in [-0.25, -0.2) is 4.98 Å². The summed E-state index contributed by atoms with van der Waals surface area (Å²) < 4.78 is 0. The molecule has 1 aromatic carbocycles. The molecule has 1 aliphatic carbocycles. The van der Waals surface area contributed by atoms with Crippen LogP contribution in [-0.4, -0.2) is 34.2 Å². The van der Waals surface area contributed by atoms with Gasteiger partial charge in [0, 0.05) is 24.8 Å². The molecule has 1 aliphatic rings. The number of amides is 1. The number of nitrogens with one attached hydrogen (secondary N) is 2. The number of nitrogens with two attached hydrogens (primary N) is 1. The minimum absolute atomic E-state index is 0.0588. The van der Waals surface area contributed by atoms with Crippen LogP contribution in [0.2, 0.25) is 0 Å². The van der Waals surface area contributed by atoms with Gasteiger partial charge in [-0.2, -0.15) is 11.8 Å². The first-order valence-electron chi connectivity index (χ1n) is 9.72. The van der Waals surface area contributed by atoms with E-state index in [1.54, 1.807) is 17.8 Å². The largest absolute Gasteiger partial charge is 0.352 e. The molecular formula is C20H28N4O2S. The number of para-hydroxylation sites is 1. The molecule has 1 heterocycles. The van der Waals surface area contributed by atoms with Crippen LogP contribution >= 0.6 is 11.8 Å². The fraction of sp³-hybridized carbons (Fsp3) is 0.550. The fourth-order valence-electron chi connectivity index (χ4n) is 3.72. The Morgan fingerprint density at radius 2 is 2.07 bits per heavy atom. The summed E-state index contributed by atoms with van der Waals surface area (Å²) in [6.45, 7) is 0.506. The van der Waals surface area contributed by atoms with E-state index in [0.29, 0.717) is 47.1 Å². The number of fused-ring (bicyclic) bond motifs is 1. The second kappa shape index (κ2) is 9.90. The van der Waals surface area contributed by atoms with Crippen LogP contribution in [-0.2, 0) is 10.5 Å². The molecule has 1 aromatic heterocycles. The predicted molar refractivity (Wildman–Crippen MR) is 111 cm³/mol. The van der Waals surface area contributed by atoms with Crippen molar-refractivity contribution in [1.82, 2.24) is 15.3 Å². The zero-order valence-corrected chi connectivity index (χ0v) is 16.4. The van der Waals surface area contributed by atoms with E-state index in [9.17, 15) is 9.59 Å². The molecule has 1 fully saturated rings. The van der Waals surface area contributed by atoms with E-state index in [4.69, 9.17) is 5.73 Å². The van der Waals surface area contributed by atoms with Crippen LogP contribution in [0.1, 0.15) is 44.3 Å². The Bertz CT molecular complexity index is 817.